The van der Waals surface area contributed by atoms with Gasteiger partial charge in [0, 0.05) is 37.7 Å². The van der Waals surface area contributed by atoms with Crippen molar-refractivity contribution in [3.8, 4) is 17.2 Å². The van der Waals surface area contributed by atoms with Crippen LogP contribution in [-0.4, -0.2) is 67.9 Å². The predicted molar refractivity (Wildman–Crippen MR) is 165 cm³/mol. The topological polar surface area (TPSA) is 115 Å². The first-order valence-corrected chi connectivity index (χ1v) is 15.0. The van der Waals surface area contributed by atoms with Gasteiger partial charge in [-0.3, -0.25) is 14.5 Å². The molecule has 0 aliphatic carbocycles. The van der Waals surface area contributed by atoms with Gasteiger partial charge in [0.05, 0.1) is 32.2 Å². The fourth-order valence-electron chi connectivity index (χ4n) is 6.21. The summed E-state index contributed by atoms with van der Waals surface area (Å²) in [6, 6.07) is 20.4. The van der Waals surface area contributed by atoms with Crippen LogP contribution in [0.15, 0.2) is 66.7 Å². The number of nitrogens with zero attached hydrogens (tertiary/aromatic N) is 2. The molecule has 2 aliphatic rings. The first kappa shape index (κ1) is 30.4. The first-order valence-electron chi connectivity index (χ1n) is 15.0. The number of para-hydroxylation sites is 2. The quantitative estimate of drug-likeness (QED) is 0.301. The molecule has 5 rings (SSSR count). The van der Waals surface area contributed by atoms with E-state index in [1.54, 1.807) is 24.1 Å². The maximum atomic E-state index is 14.0. The maximum Gasteiger partial charge on any atom is 0.308 e. The average Bonchev–Trinajstić information content (AvgIpc) is 3.64. The molecular formula is C34H41N3O6. The van der Waals surface area contributed by atoms with Gasteiger partial charge in [0.25, 0.3) is 0 Å². The van der Waals surface area contributed by atoms with Gasteiger partial charge in [-0.05, 0) is 53.4 Å². The third-order valence-corrected chi connectivity index (χ3v) is 8.49. The van der Waals surface area contributed by atoms with Crippen LogP contribution in [0.5, 0.6) is 17.2 Å². The first-order chi connectivity index (χ1) is 20.9. The molecule has 0 radical (unpaired) electrons. The number of hydrogen-bond acceptors (Lipinski definition) is 7. The molecule has 9 heteroatoms. The van der Waals surface area contributed by atoms with Gasteiger partial charge in [-0.2, -0.15) is 0 Å². The lowest BCUT2D eigenvalue weighted by molar-refractivity contribution is -0.143. The van der Waals surface area contributed by atoms with Crippen molar-refractivity contribution in [2.75, 3.05) is 44.9 Å². The number of aliphatic carboxylic acids is 1. The van der Waals surface area contributed by atoms with Gasteiger partial charge in [0.2, 0.25) is 5.91 Å². The van der Waals surface area contributed by atoms with E-state index < -0.39 is 17.9 Å². The van der Waals surface area contributed by atoms with Crippen molar-refractivity contribution in [1.29, 1.82) is 0 Å². The highest BCUT2D eigenvalue weighted by Gasteiger charge is 2.48. The van der Waals surface area contributed by atoms with Gasteiger partial charge in [-0.15, -0.1) is 0 Å². The summed E-state index contributed by atoms with van der Waals surface area (Å²) in [5.41, 5.74) is 9.67. The summed E-state index contributed by atoms with van der Waals surface area (Å²) < 4.78 is 17.4. The third-order valence-electron chi connectivity index (χ3n) is 8.49. The molecule has 1 amide bonds. The molecule has 3 atom stereocenters. The van der Waals surface area contributed by atoms with Gasteiger partial charge in [0.15, 0.2) is 11.5 Å². The molecule has 9 nitrogen and oxygen atoms in total. The van der Waals surface area contributed by atoms with E-state index in [0.29, 0.717) is 37.7 Å². The van der Waals surface area contributed by atoms with E-state index in [2.05, 4.69) is 13.0 Å². The van der Waals surface area contributed by atoms with E-state index in [1.165, 1.54) is 0 Å². The average molecular weight is 588 g/mol. The second kappa shape index (κ2) is 13.9. The van der Waals surface area contributed by atoms with Crippen LogP contribution in [0.2, 0.25) is 0 Å². The van der Waals surface area contributed by atoms with Crippen LogP contribution in [0.1, 0.15) is 42.4 Å². The van der Waals surface area contributed by atoms with E-state index >= 15 is 0 Å². The summed E-state index contributed by atoms with van der Waals surface area (Å²) >= 11 is 0. The summed E-state index contributed by atoms with van der Waals surface area (Å²) in [4.78, 5) is 30.7. The number of nitrogens with two attached hydrogens (primary N) is 1. The van der Waals surface area contributed by atoms with Gasteiger partial charge in [0.1, 0.15) is 12.4 Å². The fraction of sp³-hybridized carbons (Fsp3) is 0.412. The Bertz CT molecular complexity index is 1430. The largest absolute Gasteiger partial charge is 0.493 e. The number of hydrogen-bond donors (Lipinski definition) is 2. The molecule has 1 fully saturated rings. The highest BCUT2D eigenvalue weighted by molar-refractivity contribution is 5.95. The Morgan fingerprint density at radius 2 is 1.91 bits per heavy atom. The third kappa shape index (κ3) is 6.78. The minimum absolute atomic E-state index is 0.0604. The van der Waals surface area contributed by atoms with Gasteiger partial charge in [-0.25, -0.2) is 0 Å². The number of likely N-dealkylation sites (tertiary alicyclic amines) is 1. The Morgan fingerprint density at radius 1 is 1.09 bits per heavy atom. The fourth-order valence-corrected chi connectivity index (χ4v) is 6.21. The predicted octanol–water partition coefficient (Wildman–Crippen LogP) is 4.47. The Hall–Kier alpha value is -4.08. The van der Waals surface area contributed by atoms with E-state index in [9.17, 15) is 14.7 Å². The van der Waals surface area contributed by atoms with E-state index in [-0.39, 0.29) is 25.0 Å². The summed E-state index contributed by atoms with van der Waals surface area (Å²) in [6.07, 6.45) is 2.57. The molecule has 2 aliphatic heterocycles. The molecule has 1 saturated heterocycles. The van der Waals surface area contributed by atoms with Crippen molar-refractivity contribution >= 4 is 17.6 Å². The minimum atomic E-state index is -0.913. The zero-order chi connectivity index (χ0) is 30.3. The summed E-state index contributed by atoms with van der Waals surface area (Å²) in [5.74, 6) is -0.166. The smallest absolute Gasteiger partial charge is 0.308 e. The minimum Gasteiger partial charge on any atom is -0.493 e. The van der Waals surface area contributed by atoms with Crippen LogP contribution in [0, 0.1) is 5.92 Å². The Morgan fingerprint density at radius 3 is 2.65 bits per heavy atom. The molecule has 3 aromatic rings. The Balaban J connectivity index is 1.46. The van der Waals surface area contributed by atoms with Crippen LogP contribution in [0.3, 0.4) is 0 Å². The van der Waals surface area contributed by atoms with Crippen LogP contribution < -0.4 is 24.8 Å². The zero-order valence-corrected chi connectivity index (χ0v) is 24.9. The van der Waals surface area contributed by atoms with Crippen LogP contribution in [-0.2, 0) is 22.6 Å². The highest BCUT2D eigenvalue weighted by Crippen LogP contribution is 2.40. The van der Waals surface area contributed by atoms with Crippen molar-refractivity contribution in [2.45, 2.75) is 44.7 Å². The molecule has 0 bridgehead atoms. The Labute approximate surface area is 253 Å². The lowest BCUT2D eigenvalue weighted by Crippen LogP contribution is -2.46. The molecule has 0 saturated carbocycles. The standard InChI is InChI=1S/C34H41N3O6/c1-3-4-15-37(26-9-7-8-23(17-26)19-35)32(38)21-36-20-27(24-12-13-29-25(18-24)14-16-42-29)33(34(39)40)28(36)22-43-31-11-6-5-10-30(31)41-2/h5-13,17-18,27-28,33H,3-4,14-16,19-22,35H2,1-2H3,(H,39,40)/t27-,28+,33-/m1/s1. The van der Waals surface area contributed by atoms with Crippen molar-refractivity contribution < 1.29 is 28.9 Å². The lowest BCUT2D eigenvalue weighted by atomic mass is 9.84. The number of fused-ring (bicyclic) bond motifs is 1. The summed E-state index contributed by atoms with van der Waals surface area (Å²) in [7, 11) is 1.57. The van der Waals surface area contributed by atoms with E-state index in [0.717, 1.165) is 47.4 Å². The van der Waals surface area contributed by atoms with Gasteiger partial charge in [-0.1, -0.05) is 49.7 Å². The van der Waals surface area contributed by atoms with Gasteiger partial charge < -0.3 is 30.0 Å². The second-order valence-electron chi connectivity index (χ2n) is 11.2. The number of benzene rings is 3. The molecule has 2 heterocycles. The Kier molecular flexibility index (Phi) is 9.84. The summed E-state index contributed by atoms with van der Waals surface area (Å²) in [5, 5.41) is 10.6. The number of carboxylic acid groups (broad SMARTS) is 1. The molecular weight excluding hydrogens is 546 g/mol. The van der Waals surface area contributed by atoms with Crippen molar-refractivity contribution in [1.82, 2.24) is 4.90 Å². The number of anilines is 1. The van der Waals surface area contributed by atoms with Crippen LogP contribution in [0.4, 0.5) is 5.69 Å². The maximum absolute atomic E-state index is 14.0. The number of ether oxygens (including phenoxy) is 3. The van der Waals surface area contributed by atoms with Crippen molar-refractivity contribution in [3.63, 3.8) is 0 Å². The monoisotopic (exact) mass is 587 g/mol. The molecule has 3 aromatic carbocycles. The number of methoxy groups -OCH3 is 1. The number of carbonyl (C=O) groups is 2. The molecule has 228 valence electrons. The molecule has 0 unspecified atom stereocenters. The molecule has 43 heavy (non-hydrogen) atoms. The number of rotatable bonds is 13. The van der Waals surface area contributed by atoms with E-state index in [4.69, 9.17) is 19.9 Å². The molecule has 3 N–H and O–H groups in total. The van der Waals surface area contributed by atoms with Crippen LogP contribution >= 0.6 is 0 Å². The number of unbranched alkanes of at least 4 members (excludes halogenated alkanes) is 1. The van der Waals surface area contributed by atoms with Gasteiger partial charge >= 0.3 is 5.97 Å². The normalized spacial score (nSPS) is 19.5. The van der Waals surface area contributed by atoms with Crippen molar-refractivity contribution in [2.24, 2.45) is 11.7 Å². The van der Waals surface area contributed by atoms with Crippen LogP contribution in [0.25, 0.3) is 0 Å². The van der Waals surface area contributed by atoms with Crippen molar-refractivity contribution in [3.05, 3.63) is 83.4 Å². The number of carbonyl (C=O) groups excluding carboxylic acids is 1. The second-order valence-corrected chi connectivity index (χ2v) is 11.2. The summed E-state index contributed by atoms with van der Waals surface area (Å²) in [6.45, 7) is 4.22. The number of carboxylic acids is 1. The lowest BCUT2D eigenvalue weighted by Gasteiger charge is -2.30. The number of amides is 1. The SMILES string of the molecule is CCCCN(C(=O)CN1C[C@H](c2ccc3c(c2)CCO3)[C@@H](C(=O)O)[C@@H]1COc1ccccc1OC)c1cccc(CN)c1. The molecule has 0 aromatic heterocycles. The highest BCUT2D eigenvalue weighted by atomic mass is 16.5. The molecule has 0 spiro atoms. The van der Waals surface area contributed by atoms with E-state index in [1.807, 2.05) is 53.4 Å². The zero-order valence-electron chi connectivity index (χ0n) is 24.9.